The quantitative estimate of drug-likeness (QED) is 0.405. The van der Waals surface area contributed by atoms with Crippen LogP contribution in [0.4, 0.5) is 5.69 Å². The SMILES string of the molecule is CCOC(=O)CCNC(=O)CCCc1ccc(N(CCCl)CCCl)cc1. The van der Waals surface area contributed by atoms with Crippen LogP contribution in [0.25, 0.3) is 0 Å². The number of esters is 1. The van der Waals surface area contributed by atoms with Crippen molar-refractivity contribution in [1.29, 1.82) is 0 Å². The first-order valence-corrected chi connectivity index (χ1v) is 10.1. The summed E-state index contributed by atoms with van der Waals surface area (Å²) in [5.41, 5.74) is 2.29. The number of carbonyl (C=O) groups excluding carboxylic acids is 2. The molecule has 0 unspecified atom stereocenters. The van der Waals surface area contributed by atoms with E-state index >= 15 is 0 Å². The van der Waals surface area contributed by atoms with Crippen molar-refractivity contribution < 1.29 is 14.3 Å². The first-order chi connectivity index (χ1) is 12.6. The predicted molar refractivity (Wildman–Crippen MR) is 107 cm³/mol. The lowest BCUT2D eigenvalue weighted by molar-refractivity contribution is -0.143. The third kappa shape index (κ3) is 9.30. The van der Waals surface area contributed by atoms with Crippen LogP contribution in [0, 0.1) is 0 Å². The largest absolute Gasteiger partial charge is 0.466 e. The van der Waals surface area contributed by atoms with Gasteiger partial charge in [-0.15, -0.1) is 23.2 Å². The lowest BCUT2D eigenvalue weighted by atomic mass is 10.1. The molecule has 5 nitrogen and oxygen atoms in total. The molecule has 7 heteroatoms. The van der Waals surface area contributed by atoms with Crippen LogP contribution in [-0.4, -0.2) is 49.9 Å². The second-order valence-electron chi connectivity index (χ2n) is 5.79. The highest BCUT2D eigenvalue weighted by atomic mass is 35.5. The summed E-state index contributed by atoms with van der Waals surface area (Å²) in [5.74, 6) is 0.792. The highest BCUT2D eigenvalue weighted by Gasteiger charge is 2.07. The molecule has 1 aromatic carbocycles. The van der Waals surface area contributed by atoms with Crippen molar-refractivity contribution >= 4 is 40.8 Å². The molecule has 1 rings (SSSR count). The van der Waals surface area contributed by atoms with Crippen LogP contribution >= 0.6 is 23.2 Å². The highest BCUT2D eigenvalue weighted by Crippen LogP contribution is 2.16. The molecule has 26 heavy (non-hydrogen) atoms. The third-order valence-corrected chi connectivity index (χ3v) is 4.17. The molecule has 1 N–H and O–H groups in total. The van der Waals surface area contributed by atoms with Crippen molar-refractivity contribution in [2.75, 3.05) is 42.9 Å². The number of nitrogens with zero attached hydrogens (tertiary/aromatic N) is 1. The molecule has 0 atom stereocenters. The number of alkyl halides is 2. The number of rotatable bonds is 13. The van der Waals surface area contributed by atoms with E-state index in [9.17, 15) is 9.59 Å². The standard InChI is InChI=1S/C19H28Cl2N2O3/c1-2-26-19(25)10-13-22-18(24)5-3-4-16-6-8-17(9-7-16)23(14-11-20)15-12-21/h6-9H,2-5,10-15H2,1H3,(H,22,24). The molecule has 1 amide bonds. The molecular weight excluding hydrogens is 375 g/mol. The molecule has 0 aliphatic carbocycles. The molecule has 0 aliphatic rings. The fourth-order valence-corrected chi connectivity index (χ4v) is 2.93. The molecule has 0 spiro atoms. The van der Waals surface area contributed by atoms with Crippen molar-refractivity contribution in [2.45, 2.75) is 32.6 Å². The maximum Gasteiger partial charge on any atom is 0.307 e. The minimum Gasteiger partial charge on any atom is -0.466 e. The Morgan fingerprint density at radius 2 is 1.73 bits per heavy atom. The lowest BCUT2D eigenvalue weighted by Gasteiger charge is -2.23. The topological polar surface area (TPSA) is 58.6 Å². The minimum absolute atomic E-state index is 0.0404. The van der Waals surface area contributed by atoms with Crippen LogP contribution in [0.15, 0.2) is 24.3 Å². The van der Waals surface area contributed by atoms with Crippen molar-refractivity contribution in [1.82, 2.24) is 5.32 Å². The predicted octanol–water partition coefficient (Wildman–Crippen LogP) is 3.36. The summed E-state index contributed by atoms with van der Waals surface area (Å²) < 4.78 is 4.81. The van der Waals surface area contributed by atoms with Gasteiger partial charge in [0.05, 0.1) is 13.0 Å². The number of hydrogen-bond donors (Lipinski definition) is 1. The van der Waals surface area contributed by atoms with Crippen LogP contribution in [0.5, 0.6) is 0 Å². The van der Waals surface area contributed by atoms with Crippen LogP contribution in [-0.2, 0) is 20.7 Å². The summed E-state index contributed by atoms with van der Waals surface area (Å²) >= 11 is 11.7. The van der Waals surface area contributed by atoms with E-state index in [0.29, 0.717) is 31.3 Å². The van der Waals surface area contributed by atoms with Gasteiger partial charge in [-0.25, -0.2) is 0 Å². The first-order valence-electron chi connectivity index (χ1n) is 8.98. The summed E-state index contributed by atoms with van der Waals surface area (Å²) in [6, 6.07) is 8.27. The van der Waals surface area contributed by atoms with E-state index in [0.717, 1.165) is 31.6 Å². The van der Waals surface area contributed by atoms with Gasteiger partial charge in [-0.2, -0.15) is 0 Å². The molecule has 0 fully saturated rings. The number of aryl methyl sites for hydroxylation is 1. The summed E-state index contributed by atoms with van der Waals surface area (Å²) in [5, 5.41) is 2.74. The van der Waals surface area contributed by atoms with Crippen LogP contribution < -0.4 is 10.2 Å². The number of halogens is 2. The van der Waals surface area contributed by atoms with Crippen LogP contribution in [0.2, 0.25) is 0 Å². The lowest BCUT2D eigenvalue weighted by Crippen LogP contribution is -2.27. The van der Waals surface area contributed by atoms with E-state index in [4.69, 9.17) is 27.9 Å². The van der Waals surface area contributed by atoms with E-state index in [1.165, 1.54) is 5.56 Å². The second-order valence-corrected chi connectivity index (χ2v) is 6.55. The van der Waals surface area contributed by atoms with E-state index in [1.54, 1.807) is 6.92 Å². The average molecular weight is 403 g/mol. The van der Waals surface area contributed by atoms with Gasteiger partial charge in [0.25, 0.3) is 0 Å². The fraction of sp³-hybridized carbons (Fsp3) is 0.579. The summed E-state index contributed by atoms with van der Waals surface area (Å²) in [7, 11) is 0. The number of carbonyl (C=O) groups is 2. The van der Waals surface area contributed by atoms with Crippen molar-refractivity contribution in [3.8, 4) is 0 Å². The Morgan fingerprint density at radius 3 is 2.31 bits per heavy atom. The van der Waals surface area contributed by atoms with E-state index in [2.05, 4.69) is 34.5 Å². The summed E-state index contributed by atoms with van der Waals surface area (Å²) in [6.45, 7) is 3.97. The van der Waals surface area contributed by atoms with Crippen molar-refractivity contribution in [3.05, 3.63) is 29.8 Å². The van der Waals surface area contributed by atoms with Crippen LogP contribution in [0.1, 0.15) is 31.7 Å². The van der Waals surface area contributed by atoms with Gasteiger partial charge >= 0.3 is 5.97 Å². The van der Waals surface area contributed by atoms with E-state index in [-0.39, 0.29) is 18.3 Å². The Hall–Kier alpha value is -1.46. The molecule has 1 aromatic rings. The average Bonchev–Trinajstić information content (AvgIpc) is 2.62. The van der Waals surface area contributed by atoms with Gasteiger partial charge in [0.1, 0.15) is 0 Å². The minimum atomic E-state index is -0.287. The summed E-state index contributed by atoms with van der Waals surface area (Å²) in [4.78, 5) is 25.1. The molecule has 0 aliphatic heterocycles. The highest BCUT2D eigenvalue weighted by molar-refractivity contribution is 6.18. The van der Waals surface area contributed by atoms with Crippen molar-refractivity contribution in [2.24, 2.45) is 0 Å². The van der Waals surface area contributed by atoms with Gasteiger partial charge in [0.2, 0.25) is 5.91 Å². The molecule has 0 heterocycles. The number of ether oxygens (including phenoxy) is 1. The smallest absolute Gasteiger partial charge is 0.307 e. The fourth-order valence-electron chi connectivity index (χ4n) is 2.53. The monoisotopic (exact) mass is 402 g/mol. The maximum absolute atomic E-state index is 11.8. The Bertz CT molecular complexity index is 532. The van der Waals surface area contributed by atoms with Crippen LogP contribution in [0.3, 0.4) is 0 Å². The zero-order chi connectivity index (χ0) is 19.2. The zero-order valence-corrected chi connectivity index (χ0v) is 16.8. The van der Waals surface area contributed by atoms with Gasteiger partial charge in [-0.1, -0.05) is 12.1 Å². The molecule has 0 aromatic heterocycles. The number of benzene rings is 1. The third-order valence-electron chi connectivity index (χ3n) is 3.84. The van der Waals surface area contributed by atoms with E-state index in [1.807, 2.05) is 0 Å². The van der Waals surface area contributed by atoms with Gasteiger partial charge in [-0.3, -0.25) is 9.59 Å². The Morgan fingerprint density at radius 1 is 1.08 bits per heavy atom. The molecule has 0 radical (unpaired) electrons. The normalized spacial score (nSPS) is 10.4. The number of anilines is 1. The summed E-state index contributed by atoms with van der Waals surface area (Å²) in [6.07, 6.45) is 2.24. The van der Waals surface area contributed by atoms with Crippen molar-refractivity contribution in [3.63, 3.8) is 0 Å². The van der Waals surface area contributed by atoms with Gasteiger partial charge in [0.15, 0.2) is 0 Å². The molecule has 0 bridgehead atoms. The number of nitrogens with one attached hydrogen (secondary N) is 1. The van der Waals surface area contributed by atoms with Gasteiger partial charge in [-0.05, 0) is 37.5 Å². The molecule has 146 valence electrons. The van der Waals surface area contributed by atoms with E-state index < -0.39 is 0 Å². The Kier molecular flexibility index (Phi) is 11.9. The van der Waals surface area contributed by atoms with Gasteiger partial charge < -0.3 is 15.0 Å². The zero-order valence-electron chi connectivity index (χ0n) is 15.3. The molecule has 0 saturated carbocycles. The van der Waals surface area contributed by atoms with Gasteiger partial charge in [0, 0.05) is 43.5 Å². The maximum atomic E-state index is 11.8. The number of amides is 1. The Labute approximate surface area is 166 Å². The molecule has 0 saturated heterocycles. The second kappa shape index (κ2) is 13.7. The Balaban J connectivity index is 2.30. The molecular formula is C19H28Cl2N2O3. The first kappa shape index (κ1) is 22.6. The number of hydrogen-bond acceptors (Lipinski definition) is 4.